The molecule has 0 saturated carbocycles. The number of likely N-dealkylation sites (N-methyl/N-ethyl adjacent to an activating group) is 1. The molecule has 0 fully saturated rings. The van der Waals surface area contributed by atoms with Gasteiger partial charge in [0.05, 0.1) is 0 Å². The monoisotopic (exact) mass is 254 g/mol. The summed E-state index contributed by atoms with van der Waals surface area (Å²) in [5.41, 5.74) is 0. The Labute approximate surface area is 108 Å². The molecule has 0 amide bonds. The van der Waals surface area contributed by atoms with E-state index < -0.39 is 0 Å². The average Bonchev–Trinajstić information content (AvgIpc) is 2.29. The van der Waals surface area contributed by atoms with Crippen LogP contribution >= 0.6 is 0 Å². The number of methoxy groups -OCH3 is 1. The number of hydrogen-bond donors (Lipinski definition) is 1. The molecule has 0 radical (unpaired) electrons. The van der Waals surface area contributed by atoms with E-state index in [9.17, 15) is 0 Å². The number of rotatable bonds is 8. The molecule has 6 nitrogen and oxygen atoms in total. The van der Waals surface area contributed by atoms with Gasteiger partial charge in [0.2, 0.25) is 5.88 Å². The molecule has 0 aliphatic carbocycles. The van der Waals surface area contributed by atoms with Gasteiger partial charge in [-0.25, -0.2) is 4.98 Å². The Morgan fingerprint density at radius 3 is 2.72 bits per heavy atom. The van der Waals surface area contributed by atoms with E-state index in [0.717, 1.165) is 18.9 Å². The predicted octanol–water partition coefficient (Wildman–Crippen LogP) is 0.995. The number of hydrogen-bond acceptors (Lipinski definition) is 6. The second-order valence-electron chi connectivity index (χ2n) is 4.12. The van der Waals surface area contributed by atoms with Crippen molar-refractivity contribution in [3.8, 4) is 5.88 Å². The molecule has 0 aromatic carbocycles. The molecule has 0 bridgehead atoms. The van der Waals surface area contributed by atoms with E-state index in [4.69, 9.17) is 9.47 Å². The standard InChI is InChI=1S/C12H22N4O2/c1-5-13-10-8-12(18-7-6-16(2)3)15-11(14-10)9-17-4/h8H,5-7,9H2,1-4H3,(H,13,14,15). The highest BCUT2D eigenvalue weighted by molar-refractivity contribution is 5.38. The van der Waals surface area contributed by atoms with Crippen molar-refractivity contribution >= 4 is 5.82 Å². The lowest BCUT2D eigenvalue weighted by molar-refractivity contribution is 0.176. The second-order valence-corrected chi connectivity index (χ2v) is 4.12. The number of nitrogens with zero attached hydrogens (tertiary/aromatic N) is 3. The van der Waals surface area contributed by atoms with Gasteiger partial charge in [-0.15, -0.1) is 0 Å². The molecule has 0 saturated heterocycles. The van der Waals surface area contributed by atoms with Gasteiger partial charge in [0, 0.05) is 26.3 Å². The minimum Gasteiger partial charge on any atom is -0.476 e. The maximum Gasteiger partial charge on any atom is 0.218 e. The van der Waals surface area contributed by atoms with Crippen molar-refractivity contribution in [1.29, 1.82) is 0 Å². The first-order valence-corrected chi connectivity index (χ1v) is 6.04. The fourth-order valence-electron chi connectivity index (χ4n) is 1.34. The minimum atomic E-state index is 0.378. The SMILES string of the molecule is CCNc1cc(OCCN(C)C)nc(COC)n1. The zero-order valence-corrected chi connectivity index (χ0v) is 11.6. The van der Waals surface area contributed by atoms with Crippen molar-refractivity contribution in [2.75, 3.05) is 46.2 Å². The third kappa shape index (κ3) is 5.29. The molecule has 1 aromatic rings. The smallest absolute Gasteiger partial charge is 0.218 e. The summed E-state index contributed by atoms with van der Waals surface area (Å²) in [6.07, 6.45) is 0. The van der Waals surface area contributed by atoms with Crippen molar-refractivity contribution in [2.45, 2.75) is 13.5 Å². The maximum atomic E-state index is 5.60. The molecule has 1 aromatic heterocycles. The van der Waals surface area contributed by atoms with Crippen LogP contribution in [-0.4, -0.2) is 55.8 Å². The molecule has 0 spiro atoms. The Balaban J connectivity index is 2.69. The van der Waals surface area contributed by atoms with E-state index in [1.165, 1.54) is 0 Å². The molecule has 0 aliphatic heterocycles. The lowest BCUT2D eigenvalue weighted by Crippen LogP contribution is -2.20. The van der Waals surface area contributed by atoms with Crippen LogP contribution in [0.25, 0.3) is 0 Å². The molecule has 0 unspecified atom stereocenters. The highest BCUT2D eigenvalue weighted by atomic mass is 16.5. The Morgan fingerprint density at radius 2 is 2.11 bits per heavy atom. The first-order chi connectivity index (χ1) is 8.65. The Kier molecular flexibility index (Phi) is 6.38. The van der Waals surface area contributed by atoms with E-state index in [1.807, 2.05) is 21.0 Å². The van der Waals surface area contributed by atoms with Crippen LogP contribution in [0.3, 0.4) is 0 Å². The first kappa shape index (κ1) is 14.7. The topological polar surface area (TPSA) is 59.5 Å². The molecule has 0 aliphatic rings. The summed E-state index contributed by atoms with van der Waals surface area (Å²) in [5.74, 6) is 1.96. The molecule has 6 heteroatoms. The van der Waals surface area contributed by atoms with Crippen LogP contribution in [0.15, 0.2) is 6.07 Å². The van der Waals surface area contributed by atoms with Crippen molar-refractivity contribution in [3.63, 3.8) is 0 Å². The van der Waals surface area contributed by atoms with Crippen molar-refractivity contribution in [2.24, 2.45) is 0 Å². The number of nitrogens with one attached hydrogen (secondary N) is 1. The zero-order valence-electron chi connectivity index (χ0n) is 11.6. The van der Waals surface area contributed by atoms with E-state index >= 15 is 0 Å². The first-order valence-electron chi connectivity index (χ1n) is 6.04. The predicted molar refractivity (Wildman–Crippen MR) is 71.0 cm³/mol. The highest BCUT2D eigenvalue weighted by Crippen LogP contribution is 2.14. The van der Waals surface area contributed by atoms with Crippen LogP contribution in [0, 0.1) is 0 Å². The third-order valence-corrected chi connectivity index (χ3v) is 2.17. The van der Waals surface area contributed by atoms with Gasteiger partial charge < -0.3 is 19.7 Å². The molecule has 0 atom stereocenters. The average molecular weight is 254 g/mol. The van der Waals surface area contributed by atoms with Crippen molar-refractivity contribution in [3.05, 3.63) is 11.9 Å². The number of ether oxygens (including phenoxy) is 2. The lowest BCUT2D eigenvalue weighted by atomic mass is 10.5. The van der Waals surface area contributed by atoms with Gasteiger partial charge >= 0.3 is 0 Å². The van der Waals surface area contributed by atoms with Crippen LogP contribution in [0.5, 0.6) is 5.88 Å². The summed E-state index contributed by atoms with van der Waals surface area (Å²) in [5, 5.41) is 3.15. The molecular weight excluding hydrogens is 232 g/mol. The van der Waals surface area contributed by atoms with Gasteiger partial charge in [-0.1, -0.05) is 0 Å². The summed E-state index contributed by atoms with van der Waals surface area (Å²) in [6.45, 7) is 4.65. The number of aromatic nitrogens is 2. The molecule has 102 valence electrons. The second kappa shape index (κ2) is 7.84. The van der Waals surface area contributed by atoms with E-state index in [-0.39, 0.29) is 0 Å². The van der Waals surface area contributed by atoms with Gasteiger partial charge in [0.25, 0.3) is 0 Å². The summed E-state index contributed by atoms with van der Waals surface area (Å²) >= 11 is 0. The largest absolute Gasteiger partial charge is 0.476 e. The van der Waals surface area contributed by atoms with Crippen LogP contribution in [0.1, 0.15) is 12.7 Å². The molecule has 1 N–H and O–H groups in total. The summed E-state index contributed by atoms with van der Waals surface area (Å²) in [7, 11) is 5.63. The maximum absolute atomic E-state index is 5.60. The quantitative estimate of drug-likeness (QED) is 0.746. The van der Waals surface area contributed by atoms with Crippen LogP contribution in [0.2, 0.25) is 0 Å². The van der Waals surface area contributed by atoms with Gasteiger partial charge in [-0.2, -0.15) is 4.98 Å². The zero-order chi connectivity index (χ0) is 13.4. The summed E-state index contributed by atoms with van der Waals surface area (Å²) < 4.78 is 10.6. The van der Waals surface area contributed by atoms with E-state index in [2.05, 4.69) is 20.2 Å². The van der Waals surface area contributed by atoms with Gasteiger partial charge in [0.15, 0.2) is 5.82 Å². The normalized spacial score (nSPS) is 10.7. The molecule has 18 heavy (non-hydrogen) atoms. The van der Waals surface area contributed by atoms with Crippen molar-refractivity contribution < 1.29 is 9.47 Å². The fraction of sp³-hybridized carbons (Fsp3) is 0.667. The van der Waals surface area contributed by atoms with Crippen molar-refractivity contribution in [1.82, 2.24) is 14.9 Å². The van der Waals surface area contributed by atoms with Gasteiger partial charge in [-0.05, 0) is 21.0 Å². The van der Waals surface area contributed by atoms with Crippen LogP contribution < -0.4 is 10.1 Å². The minimum absolute atomic E-state index is 0.378. The number of anilines is 1. The fourth-order valence-corrected chi connectivity index (χ4v) is 1.34. The molecule has 1 rings (SSSR count). The lowest BCUT2D eigenvalue weighted by Gasteiger charge is -2.12. The Bertz CT molecular complexity index is 334. The highest BCUT2D eigenvalue weighted by Gasteiger charge is 2.05. The Hall–Kier alpha value is -1.40. The van der Waals surface area contributed by atoms with Crippen LogP contribution in [-0.2, 0) is 11.3 Å². The summed E-state index contributed by atoms with van der Waals surface area (Å²) in [6, 6.07) is 1.80. The molecular formula is C12H22N4O2. The Morgan fingerprint density at radius 1 is 1.33 bits per heavy atom. The van der Waals surface area contributed by atoms with Gasteiger partial charge in [-0.3, -0.25) is 0 Å². The van der Waals surface area contributed by atoms with Gasteiger partial charge in [0.1, 0.15) is 19.0 Å². The van der Waals surface area contributed by atoms with E-state index in [1.54, 1.807) is 13.2 Å². The van der Waals surface area contributed by atoms with Crippen LogP contribution in [0.4, 0.5) is 5.82 Å². The third-order valence-electron chi connectivity index (χ3n) is 2.17. The van der Waals surface area contributed by atoms with E-state index in [0.29, 0.717) is 24.9 Å². The molecule has 1 heterocycles. The summed E-state index contributed by atoms with van der Waals surface area (Å²) in [4.78, 5) is 10.7.